The monoisotopic (exact) mass is 529 g/mol. The quantitative estimate of drug-likeness (QED) is 0.214. The molecule has 0 spiro atoms. The molecule has 0 radical (unpaired) electrons. The van der Waals surface area contributed by atoms with Crippen molar-refractivity contribution in [2.45, 2.75) is 6.61 Å². The number of aromatic nitrogens is 3. The molecule has 4 aromatic rings. The number of rotatable bonds is 11. The molecule has 0 atom stereocenters. The summed E-state index contributed by atoms with van der Waals surface area (Å²) in [5, 5.41) is 9.79. The van der Waals surface area contributed by atoms with Crippen molar-refractivity contribution >= 4 is 46.2 Å². The van der Waals surface area contributed by atoms with Crippen LogP contribution in [0.2, 0.25) is 5.02 Å². The van der Waals surface area contributed by atoms with E-state index in [1.807, 2.05) is 73.6 Å². The Balaban J connectivity index is 1.36. The first-order chi connectivity index (χ1) is 18.4. The number of carbonyl (C=O) groups is 1. The summed E-state index contributed by atoms with van der Waals surface area (Å²) >= 11 is 6.43. The largest absolute Gasteiger partial charge is 0.486 e. The topological polar surface area (TPSA) is 104 Å². The van der Waals surface area contributed by atoms with Crippen molar-refractivity contribution in [3.05, 3.63) is 102 Å². The number of amides is 1. The summed E-state index contributed by atoms with van der Waals surface area (Å²) < 4.78 is 5.79. The van der Waals surface area contributed by atoms with Crippen LogP contribution in [0, 0.1) is 0 Å². The Bertz CT molecular complexity index is 1400. The van der Waals surface area contributed by atoms with Gasteiger partial charge in [-0.1, -0.05) is 29.8 Å². The van der Waals surface area contributed by atoms with Crippen LogP contribution in [0.3, 0.4) is 0 Å². The van der Waals surface area contributed by atoms with Gasteiger partial charge in [0, 0.05) is 41.9 Å². The van der Waals surface area contributed by atoms with Crippen molar-refractivity contribution in [1.82, 2.24) is 19.9 Å². The third-order valence-electron chi connectivity index (χ3n) is 5.12. The summed E-state index contributed by atoms with van der Waals surface area (Å²) in [6, 6.07) is 20.2. The first-order valence-corrected chi connectivity index (χ1v) is 12.2. The highest BCUT2D eigenvalue weighted by molar-refractivity contribution is 6.32. The zero-order chi connectivity index (χ0) is 26.7. The second-order valence-corrected chi connectivity index (χ2v) is 8.94. The van der Waals surface area contributed by atoms with Crippen LogP contribution in [0.15, 0.2) is 91.4 Å². The maximum Gasteiger partial charge on any atom is 0.248 e. The highest BCUT2D eigenvalue weighted by atomic mass is 35.5. The van der Waals surface area contributed by atoms with Gasteiger partial charge in [0.25, 0.3) is 0 Å². The molecule has 0 fully saturated rings. The summed E-state index contributed by atoms with van der Waals surface area (Å²) in [5.74, 6) is 1.53. The fourth-order valence-electron chi connectivity index (χ4n) is 3.35. The Morgan fingerprint density at radius 2 is 1.68 bits per heavy atom. The minimum absolute atomic E-state index is 0.190. The van der Waals surface area contributed by atoms with E-state index >= 15 is 0 Å². The van der Waals surface area contributed by atoms with Gasteiger partial charge in [0.1, 0.15) is 30.3 Å². The van der Waals surface area contributed by atoms with E-state index in [-0.39, 0.29) is 5.91 Å². The molecule has 2 aromatic carbocycles. The number of nitrogens with one attached hydrogen (secondary N) is 3. The first-order valence-electron chi connectivity index (χ1n) is 11.9. The first kappa shape index (κ1) is 26.6. The molecule has 1 amide bonds. The predicted octanol–water partition coefficient (Wildman–Crippen LogP) is 5.65. The lowest BCUT2D eigenvalue weighted by Crippen LogP contribution is -2.12. The summed E-state index contributed by atoms with van der Waals surface area (Å²) in [5.41, 5.74) is 3.00. The molecule has 0 aliphatic carbocycles. The maximum absolute atomic E-state index is 12.1. The van der Waals surface area contributed by atoms with Crippen LogP contribution in [-0.2, 0) is 11.4 Å². The molecule has 9 nitrogen and oxygen atoms in total. The smallest absolute Gasteiger partial charge is 0.248 e. The molecule has 2 heterocycles. The Morgan fingerprint density at radius 3 is 2.39 bits per heavy atom. The van der Waals surface area contributed by atoms with E-state index in [2.05, 4.69) is 30.9 Å². The molecule has 0 saturated carbocycles. The fourth-order valence-corrected chi connectivity index (χ4v) is 3.58. The van der Waals surface area contributed by atoms with Crippen LogP contribution < -0.4 is 20.7 Å². The Labute approximate surface area is 226 Å². The number of hydrogen-bond donors (Lipinski definition) is 3. The van der Waals surface area contributed by atoms with E-state index in [0.717, 1.165) is 17.1 Å². The van der Waals surface area contributed by atoms with Gasteiger partial charge >= 0.3 is 0 Å². The van der Waals surface area contributed by atoms with Gasteiger partial charge in [-0.15, -0.1) is 0 Å². The minimum atomic E-state index is -0.190. The average molecular weight is 530 g/mol. The van der Waals surface area contributed by atoms with E-state index in [4.69, 9.17) is 16.3 Å². The van der Waals surface area contributed by atoms with Crippen molar-refractivity contribution in [3.8, 4) is 5.75 Å². The van der Waals surface area contributed by atoms with Crippen LogP contribution in [-0.4, -0.2) is 46.4 Å². The number of carbonyl (C=O) groups excluding carboxylic acids is 1. The predicted molar refractivity (Wildman–Crippen MR) is 151 cm³/mol. The van der Waals surface area contributed by atoms with Crippen molar-refractivity contribution in [2.24, 2.45) is 0 Å². The molecule has 0 unspecified atom stereocenters. The molecule has 0 saturated heterocycles. The second-order valence-electron chi connectivity index (χ2n) is 8.53. The summed E-state index contributed by atoms with van der Waals surface area (Å²) in [6.45, 7) is 1.02. The van der Waals surface area contributed by atoms with Gasteiger partial charge in [-0.3, -0.25) is 9.78 Å². The molecule has 4 rings (SSSR count). The molecule has 194 valence electrons. The fraction of sp³-hybridized carbons (Fsp3) is 0.143. The highest BCUT2D eigenvalue weighted by Gasteiger charge is 2.07. The molecule has 2 aromatic heterocycles. The average Bonchev–Trinajstić information content (AvgIpc) is 2.89. The Hall–Kier alpha value is -4.47. The number of hydrogen-bond acceptors (Lipinski definition) is 8. The normalized spacial score (nSPS) is 10.9. The summed E-state index contributed by atoms with van der Waals surface area (Å²) in [4.78, 5) is 26.9. The summed E-state index contributed by atoms with van der Waals surface area (Å²) in [6.07, 6.45) is 6.51. The minimum Gasteiger partial charge on any atom is -0.486 e. The lowest BCUT2D eigenvalue weighted by molar-refractivity contribution is -0.111. The van der Waals surface area contributed by atoms with Crippen molar-refractivity contribution < 1.29 is 9.53 Å². The number of pyridine rings is 1. The molecule has 3 N–H and O–H groups in total. The molecule has 0 aliphatic rings. The van der Waals surface area contributed by atoms with Crippen LogP contribution in [0.1, 0.15) is 5.69 Å². The van der Waals surface area contributed by atoms with Gasteiger partial charge in [-0.25, -0.2) is 9.97 Å². The van der Waals surface area contributed by atoms with Crippen molar-refractivity contribution in [1.29, 1.82) is 0 Å². The van der Waals surface area contributed by atoms with Gasteiger partial charge in [0.2, 0.25) is 5.91 Å². The van der Waals surface area contributed by atoms with Gasteiger partial charge in [0.15, 0.2) is 0 Å². The lowest BCUT2D eigenvalue weighted by Gasteiger charge is -2.12. The molecule has 0 aliphatic heterocycles. The van der Waals surface area contributed by atoms with E-state index in [9.17, 15) is 4.79 Å². The van der Waals surface area contributed by atoms with Gasteiger partial charge < -0.3 is 25.6 Å². The number of anilines is 5. The van der Waals surface area contributed by atoms with Gasteiger partial charge in [0.05, 0.1) is 10.7 Å². The van der Waals surface area contributed by atoms with Crippen LogP contribution in [0.4, 0.5) is 28.7 Å². The number of likely N-dealkylation sites (N-methyl/N-ethyl adjacent to an activating group) is 1. The lowest BCUT2D eigenvalue weighted by atomic mass is 10.2. The van der Waals surface area contributed by atoms with E-state index < -0.39 is 0 Å². The highest BCUT2D eigenvalue weighted by Crippen LogP contribution is 2.30. The van der Waals surface area contributed by atoms with E-state index in [1.54, 1.807) is 24.4 Å². The third-order valence-corrected chi connectivity index (χ3v) is 5.41. The van der Waals surface area contributed by atoms with E-state index in [0.29, 0.717) is 41.2 Å². The van der Waals surface area contributed by atoms with Gasteiger partial charge in [-0.05, 0) is 62.6 Å². The maximum atomic E-state index is 12.1. The SMILES string of the molecule is CN(C)CC=CC(=O)Nc1cccc(Nc2cc(Nc3ccc(OCc4ccccn4)c(Cl)c3)ncn2)c1. The van der Waals surface area contributed by atoms with Crippen molar-refractivity contribution in [3.63, 3.8) is 0 Å². The zero-order valence-electron chi connectivity index (χ0n) is 21.1. The molecule has 0 bridgehead atoms. The molecular weight excluding hydrogens is 502 g/mol. The molecule has 38 heavy (non-hydrogen) atoms. The Kier molecular flexibility index (Phi) is 9.22. The van der Waals surface area contributed by atoms with Crippen LogP contribution >= 0.6 is 11.6 Å². The second kappa shape index (κ2) is 13.2. The summed E-state index contributed by atoms with van der Waals surface area (Å²) in [7, 11) is 3.88. The standard InChI is InChI=1S/C28H28ClN7O2/c1-36(2)14-6-10-28(37)35-21-9-5-8-20(15-21)33-26-17-27(32-19-31-26)34-22-11-12-25(24(29)16-22)38-18-23-7-3-4-13-30-23/h3-13,15-17,19H,14,18H2,1-2H3,(H,35,37)(H2,31,32,33,34). The number of benzene rings is 2. The van der Waals surface area contributed by atoms with Gasteiger partial charge in [-0.2, -0.15) is 0 Å². The van der Waals surface area contributed by atoms with Crippen LogP contribution in [0.25, 0.3) is 0 Å². The molecule has 10 heteroatoms. The zero-order valence-corrected chi connectivity index (χ0v) is 21.8. The Morgan fingerprint density at radius 1 is 0.921 bits per heavy atom. The third kappa shape index (κ3) is 8.29. The number of ether oxygens (including phenoxy) is 1. The van der Waals surface area contributed by atoms with E-state index in [1.165, 1.54) is 12.4 Å². The number of halogens is 1. The molecular formula is C28H28ClN7O2. The van der Waals surface area contributed by atoms with Crippen molar-refractivity contribution in [2.75, 3.05) is 36.6 Å². The number of nitrogens with zero attached hydrogens (tertiary/aromatic N) is 4. The van der Waals surface area contributed by atoms with Crippen LogP contribution in [0.5, 0.6) is 5.75 Å².